The predicted octanol–water partition coefficient (Wildman–Crippen LogP) is 1.58. The second kappa shape index (κ2) is 8.27. The number of nitrogens with one attached hydrogen (secondary N) is 1. The van der Waals surface area contributed by atoms with Gasteiger partial charge in [0.2, 0.25) is 0 Å². The molecule has 0 aliphatic carbocycles. The minimum Gasteiger partial charge on any atom is -0.383 e. The molecule has 0 fully saturated rings. The van der Waals surface area contributed by atoms with Gasteiger partial charge in [0.15, 0.2) is 0 Å². The lowest BCUT2D eigenvalue weighted by molar-refractivity contribution is 0.208. The van der Waals surface area contributed by atoms with Gasteiger partial charge in [0, 0.05) is 18.4 Å². The highest BCUT2D eigenvalue weighted by Gasteiger charge is 1.98. The van der Waals surface area contributed by atoms with Gasteiger partial charge in [-0.2, -0.15) is 0 Å². The van der Waals surface area contributed by atoms with Gasteiger partial charge in [0.05, 0.1) is 13.2 Å². The van der Waals surface area contributed by atoms with Gasteiger partial charge in [-0.3, -0.25) is 4.99 Å². The highest BCUT2D eigenvalue weighted by Crippen LogP contribution is 2.11. The van der Waals surface area contributed by atoms with E-state index >= 15 is 0 Å². The van der Waals surface area contributed by atoms with Crippen LogP contribution in [0.5, 0.6) is 0 Å². The number of nitrogens with two attached hydrogens (primary N) is 1. The molecule has 90 valence electrons. The zero-order chi connectivity index (χ0) is 11.6. The summed E-state index contributed by atoms with van der Waals surface area (Å²) in [6, 6.07) is 4.23. The van der Waals surface area contributed by atoms with Crippen molar-refractivity contribution in [1.29, 1.82) is 0 Å². The molecule has 0 aromatic carbocycles. The fourth-order valence-electron chi connectivity index (χ4n) is 1.35. The summed E-state index contributed by atoms with van der Waals surface area (Å²) < 4.78 is 4.93. The first-order chi connectivity index (χ1) is 7.86. The molecule has 0 unspecified atom stereocenters. The Bertz CT molecular complexity index is 298. The van der Waals surface area contributed by atoms with Crippen LogP contribution in [0.25, 0.3) is 0 Å². The van der Waals surface area contributed by atoms with Crippen molar-refractivity contribution in [3.05, 3.63) is 22.4 Å². The summed E-state index contributed by atoms with van der Waals surface area (Å²) >= 11 is 1.79. The molecule has 0 atom stereocenters. The number of rotatable bonds is 7. The predicted molar refractivity (Wildman–Crippen MR) is 68.8 cm³/mol. The molecule has 0 radical (unpaired) electrons. The van der Waals surface area contributed by atoms with E-state index < -0.39 is 0 Å². The minimum atomic E-state index is 0.635. The number of hydrogen-bond donors (Lipinski definition) is 2. The third-order valence-electron chi connectivity index (χ3n) is 2.18. The maximum Gasteiger partial charge on any atom is 0.110 e. The summed E-state index contributed by atoms with van der Waals surface area (Å²) in [6.07, 6.45) is 3.04. The summed E-state index contributed by atoms with van der Waals surface area (Å²) in [4.78, 5) is 5.72. The Morgan fingerprint density at radius 1 is 1.62 bits per heavy atom. The molecule has 1 heterocycles. The smallest absolute Gasteiger partial charge is 0.110 e. The molecule has 3 N–H and O–H groups in total. The molecule has 4 nitrogen and oxygen atoms in total. The van der Waals surface area contributed by atoms with E-state index in [4.69, 9.17) is 10.6 Å². The molecule has 1 rings (SSSR count). The molecular weight excluding hydrogens is 222 g/mol. The second-order valence-corrected chi connectivity index (χ2v) is 4.43. The number of hydrazine groups is 1. The van der Waals surface area contributed by atoms with Crippen LogP contribution in [0.1, 0.15) is 17.7 Å². The second-order valence-electron chi connectivity index (χ2n) is 3.40. The number of aliphatic imine (C=N–C) groups is 1. The molecule has 1 aromatic heterocycles. The van der Waals surface area contributed by atoms with Crippen LogP contribution in [-0.4, -0.2) is 26.1 Å². The fraction of sp³-hybridized carbons (Fsp3) is 0.545. The van der Waals surface area contributed by atoms with Gasteiger partial charge in [-0.25, -0.2) is 5.84 Å². The zero-order valence-corrected chi connectivity index (χ0v) is 10.4. The molecule has 0 spiro atoms. The lowest BCUT2D eigenvalue weighted by Gasteiger charge is -2.05. The first kappa shape index (κ1) is 13.2. The van der Waals surface area contributed by atoms with Gasteiger partial charge in [-0.05, 0) is 24.3 Å². The molecular formula is C11H19N3OS. The van der Waals surface area contributed by atoms with E-state index in [1.54, 1.807) is 18.4 Å². The monoisotopic (exact) mass is 241 g/mol. The maximum atomic E-state index is 5.40. The van der Waals surface area contributed by atoms with E-state index in [0.29, 0.717) is 13.2 Å². The molecule has 5 heteroatoms. The Morgan fingerprint density at radius 2 is 2.50 bits per heavy atom. The highest BCUT2D eigenvalue weighted by atomic mass is 32.1. The first-order valence-corrected chi connectivity index (χ1v) is 6.26. The van der Waals surface area contributed by atoms with Crippen molar-refractivity contribution < 1.29 is 4.74 Å². The van der Waals surface area contributed by atoms with Gasteiger partial charge in [0.1, 0.15) is 5.84 Å². The molecule has 0 bridgehead atoms. The van der Waals surface area contributed by atoms with Crippen molar-refractivity contribution in [3.8, 4) is 0 Å². The van der Waals surface area contributed by atoms with Gasteiger partial charge >= 0.3 is 0 Å². The molecule has 0 saturated heterocycles. The number of hydrogen-bond acceptors (Lipinski definition) is 4. The third-order valence-corrected chi connectivity index (χ3v) is 3.12. The van der Waals surface area contributed by atoms with Crippen molar-refractivity contribution in [2.24, 2.45) is 10.8 Å². The largest absolute Gasteiger partial charge is 0.383 e. The number of aryl methyl sites for hydroxylation is 1. The van der Waals surface area contributed by atoms with Crippen molar-refractivity contribution in [2.45, 2.75) is 19.3 Å². The molecule has 0 aliphatic heterocycles. The lowest BCUT2D eigenvalue weighted by atomic mass is 10.2. The Balaban J connectivity index is 2.20. The van der Waals surface area contributed by atoms with E-state index in [-0.39, 0.29) is 0 Å². The molecule has 16 heavy (non-hydrogen) atoms. The van der Waals surface area contributed by atoms with Gasteiger partial charge in [-0.1, -0.05) is 6.07 Å². The average molecular weight is 241 g/mol. The Kier molecular flexibility index (Phi) is 6.80. The summed E-state index contributed by atoms with van der Waals surface area (Å²) in [5.74, 6) is 6.25. The van der Waals surface area contributed by atoms with Crippen molar-refractivity contribution in [3.63, 3.8) is 0 Å². The summed E-state index contributed by atoms with van der Waals surface area (Å²) in [5.41, 5.74) is 2.64. The fourth-order valence-corrected chi connectivity index (χ4v) is 2.10. The summed E-state index contributed by atoms with van der Waals surface area (Å²) in [7, 11) is 1.67. The average Bonchev–Trinajstić information content (AvgIpc) is 2.80. The van der Waals surface area contributed by atoms with E-state index in [1.807, 2.05) is 0 Å². The van der Waals surface area contributed by atoms with Crippen LogP contribution in [0.4, 0.5) is 0 Å². The summed E-state index contributed by atoms with van der Waals surface area (Å²) in [5, 5.41) is 2.10. The molecule has 0 saturated carbocycles. The van der Waals surface area contributed by atoms with Crippen LogP contribution < -0.4 is 11.3 Å². The maximum absolute atomic E-state index is 5.40. The van der Waals surface area contributed by atoms with Gasteiger partial charge in [0.25, 0.3) is 0 Å². The van der Waals surface area contributed by atoms with E-state index in [9.17, 15) is 0 Å². The Hall–Kier alpha value is -0.910. The van der Waals surface area contributed by atoms with Crippen molar-refractivity contribution in [2.75, 3.05) is 20.3 Å². The van der Waals surface area contributed by atoms with Gasteiger partial charge in [-0.15, -0.1) is 11.3 Å². The lowest BCUT2D eigenvalue weighted by Crippen LogP contribution is -2.30. The van der Waals surface area contributed by atoms with Crippen LogP contribution in [0.15, 0.2) is 22.5 Å². The number of ether oxygens (including phenoxy) is 1. The third kappa shape index (κ3) is 5.25. The van der Waals surface area contributed by atoms with E-state index in [1.165, 1.54) is 4.88 Å². The normalized spacial score (nSPS) is 11.8. The number of thiophene rings is 1. The minimum absolute atomic E-state index is 0.635. The number of nitrogens with zero attached hydrogens (tertiary/aromatic N) is 1. The summed E-state index contributed by atoms with van der Waals surface area (Å²) in [6.45, 7) is 1.30. The SMILES string of the molecule is COCCN=C(CCCc1cccs1)NN. The standard InChI is InChI=1S/C11H19N3OS/c1-15-8-7-13-11(14-12)6-2-4-10-5-3-9-16-10/h3,5,9H,2,4,6-8,12H2,1H3,(H,13,14). The first-order valence-electron chi connectivity index (χ1n) is 5.38. The number of methoxy groups -OCH3 is 1. The topological polar surface area (TPSA) is 59.6 Å². The van der Waals surface area contributed by atoms with Crippen LogP contribution in [0.2, 0.25) is 0 Å². The van der Waals surface area contributed by atoms with Crippen LogP contribution in [-0.2, 0) is 11.2 Å². The Labute approximate surface area is 100 Å². The van der Waals surface area contributed by atoms with E-state index in [2.05, 4.69) is 27.9 Å². The molecule has 0 amide bonds. The van der Waals surface area contributed by atoms with E-state index in [0.717, 1.165) is 25.1 Å². The van der Waals surface area contributed by atoms with Gasteiger partial charge < -0.3 is 10.2 Å². The molecule has 0 aliphatic rings. The van der Waals surface area contributed by atoms with Crippen LogP contribution >= 0.6 is 11.3 Å². The van der Waals surface area contributed by atoms with Crippen LogP contribution in [0.3, 0.4) is 0 Å². The quantitative estimate of drug-likeness (QED) is 0.250. The van der Waals surface area contributed by atoms with Crippen molar-refractivity contribution in [1.82, 2.24) is 5.43 Å². The molecule has 1 aromatic rings. The van der Waals surface area contributed by atoms with Crippen molar-refractivity contribution >= 4 is 17.2 Å². The Morgan fingerprint density at radius 3 is 3.12 bits per heavy atom. The highest BCUT2D eigenvalue weighted by molar-refractivity contribution is 7.09. The zero-order valence-electron chi connectivity index (χ0n) is 9.61. The number of amidine groups is 1. The van der Waals surface area contributed by atoms with Crippen LogP contribution in [0, 0.1) is 0 Å².